The van der Waals surface area contributed by atoms with Crippen molar-refractivity contribution in [3.63, 3.8) is 0 Å². The Labute approximate surface area is 155 Å². The molecule has 1 aliphatic heterocycles. The summed E-state index contributed by atoms with van der Waals surface area (Å²) < 4.78 is 39.7. The molecule has 2 aromatic rings. The first-order valence-corrected chi connectivity index (χ1v) is 8.85. The summed E-state index contributed by atoms with van der Waals surface area (Å²) >= 11 is 0. The topological polar surface area (TPSA) is 77.0 Å². The Morgan fingerprint density at radius 3 is 2.59 bits per heavy atom. The summed E-state index contributed by atoms with van der Waals surface area (Å²) in [5, 5.41) is 4.23. The van der Waals surface area contributed by atoms with Crippen molar-refractivity contribution < 1.29 is 18.0 Å². The van der Waals surface area contributed by atoms with Crippen molar-refractivity contribution >= 4 is 5.91 Å². The van der Waals surface area contributed by atoms with Gasteiger partial charge in [0, 0.05) is 25.3 Å². The van der Waals surface area contributed by atoms with E-state index in [1.807, 2.05) is 13.8 Å². The van der Waals surface area contributed by atoms with Crippen molar-refractivity contribution in [2.45, 2.75) is 44.8 Å². The number of pyridine rings is 1. The fourth-order valence-electron chi connectivity index (χ4n) is 3.30. The van der Waals surface area contributed by atoms with Crippen LogP contribution in [0, 0.1) is 0 Å². The summed E-state index contributed by atoms with van der Waals surface area (Å²) in [6, 6.07) is 2.17. The van der Waals surface area contributed by atoms with Crippen LogP contribution in [0.3, 0.4) is 0 Å². The molecule has 1 saturated heterocycles. The third-order valence-electron chi connectivity index (χ3n) is 4.62. The monoisotopic (exact) mass is 381 g/mol. The van der Waals surface area contributed by atoms with E-state index in [0.717, 1.165) is 25.1 Å². The number of alkyl halides is 3. The van der Waals surface area contributed by atoms with Crippen LogP contribution in [0.5, 0.6) is 0 Å². The zero-order valence-corrected chi connectivity index (χ0v) is 15.2. The maximum Gasteiger partial charge on any atom is 0.417 e. The molecule has 1 aliphatic rings. The smallest absolute Gasteiger partial charge is 0.337 e. The number of nitrogens with two attached hydrogens (primary N) is 1. The normalized spacial score (nSPS) is 18.2. The lowest BCUT2D eigenvalue weighted by molar-refractivity contribution is -0.137. The van der Waals surface area contributed by atoms with Crippen molar-refractivity contribution in [1.82, 2.24) is 19.7 Å². The lowest BCUT2D eigenvalue weighted by Gasteiger charge is -2.31. The van der Waals surface area contributed by atoms with Crippen LogP contribution >= 0.6 is 0 Å². The number of carbonyl (C=O) groups excluding carboxylic acids is 1. The molecule has 0 bridgehead atoms. The van der Waals surface area contributed by atoms with Gasteiger partial charge in [0.2, 0.25) is 0 Å². The van der Waals surface area contributed by atoms with Gasteiger partial charge in [-0.25, -0.2) is 9.67 Å². The first-order chi connectivity index (χ1) is 12.7. The van der Waals surface area contributed by atoms with Gasteiger partial charge < -0.3 is 10.6 Å². The molecule has 0 spiro atoms. The van der Waals surface area contributed by atoms with Crippen LogP contribution in [0.25, 0.3) is 5.82 Å². The first-order valence-electron chi connectivity index (χ1n) is 8.85. The number of nitrogens with zero attached hydrogens (tertiary/aromatic N) is 4. The summed E-state index contributed by atoms with van der Waals surface area (Å²) in [6.07, 6.45) is -0.498. The number of carbonyl (C=O) groups is 1. The third kappa shape index (κ3) is 3.97. The highest BCUT2D eigenvalue weighted by Gasteiger charge is 2.31. The Morgan fingerprint density at radius 1 is 1.30 bits per heavy atom. The van der Waals surface area contributed by atoms with Gasteiger partial charge >= 0.3 is 6.18 Å². The zero-order chi connectivity index (χ0) is 19.8. The molecule has 0 aliphatic carbocycles. The Balaban J connectivity index is 1.95. The minimum atomic E-state index is -4.45. The predicted molar refractivity (Wildman–Crippen MR) is 93.6 cm³/mol. The minimum Gasteiger partial charge on any atom is -0.337 e. The van der Waals surface area contributed by atoms with Crippen molar-refractivity contribution in [2.24, 2.45) is 5.73 Å². The molecule has 0 aromatic carbocycles. The van der Waals surface area contributed by atoms with Crippen LogP contribution in [-0.2, 0) is 6.18 Å². The standard InChI is InChI=1S/C18H22F3N5O/c1-11(2)16-14(17(27)25-7-3-4-13(22)10-25)9-24-26(16)15-6-5-12(8-23-15)18(19,20)21/h5-6,8-9,11,13H,3-4,7,10,22H2,1-2H3. The highest BCUT2D eigenvalue weighted by molar-refractivity contribution is 5.95. The Kier molecular flexibility index (Phi) is 5.23. The molecule has 3 heterocycles. The molecule has 146 valence electrons. The van der Waals surface area contributed by atoms with Crippen LogP contribution in [0.1, 0.15) is 54.2 Å². The number of rotatable bonds is 3. The summed E-state index contributed by atoms with van der Waals surface area (Å²) in [6.45, 7) is 4.92. The number of hydrogen-bond donors (Lipinski definition) is 1. The van der Waals surface area contributed by atoms with E-state index in [-0.39, 0.29) is 23.7 Å². The number of amides is 1. The Morgan fingerprint density at radius 2 is 2.04 bits per heavy atom. The third-order valence-corrected chi connectivity index (χ3v) is 4.62. The molecule has 3 rings (SSSR count). The Bertz CT molecular complexity index is 813. The van der Waals surface area contributed by atoms with E-state index >= 15 is 0 Å². The molecule has 1 amide bonds. The lowest BCUT2D eigenvalue weighted by Crippen LogP contribution is -2.45. The maximum atomic E-state index is 12.9. The second-order valence-electron chi connectivity index (χ2n) is 7.07. The van der Waals surface area contributed by atoms with Gasteiger partial charge in [-0.15, -0.1) is 0 Å². The molecule has 2 aromatic heterocycles. The van der Waals surface area contributed by atoms with E-state index < -0.39 is 11.7 Å². The zero-order valence-electron chi connectivity index (χ0n) is 15.2. The van der Waals surface area contributed by atoms with Gasteiger partial charge in [-0.2, -0.15) is 18.3 Å². The van der Waals surface area contributed by atoms with Gasteiger partial charge in [0.05, 0.1) is 23.0 Å². The molecule has 0 saturated carbocycles. The number of aromatic nitrogens is 3. The lowest BCUT2D eigenvalue weighted by atomic mass is 10.0. The van der Waals surface area contributed by atoms with Crippen LogP contribution in [0.4, 0.5) is 13.2 Å². The first kappa shape index (κ1) is 19.3. The quantitative estimate of drug-likeness (QED) is 0.887. The van der Waals surface area contributed by atoms with Gasteiger partial charge in [-0.3, -0.25) is 4.79 Å². The number of likely N-dealkylation sites (tertiary alicyclic amines) is 1. The molecule has 0 radical (unpaired) electrons. The molecule has 1 unspecified atom stereocenters. The minimum absolute atomic E-state index is 0.0446. The number of halogens is 3. The van der Waals surface area contributed by atoms with Gasteiger partial charge in [-0.1, -0.05) is 13.8 Å². The second kappa shape index (κ2) is 7.30. The SMILES string of the molecule is CC(C)c1c(C(=O)N2CCCC(N)C2)cnn1-c1ccc(C(F)(F)F)cn1. The van der Waals surface area contributed by atoms with Crippen molar-refractivity contribution in [3.05, 3.63) is 41.3 Å². The fraction of sp³-hybridized carbons (Fsp3) is 0.500. The maximum absolute atomic E-state index is 12.9. The van der Waals surface area contributed by atoms with E-state index in [9.17, 15) is 18.0 Å². The molecular formula is C18H22F3N5O. The van der Waals surface area contributed by atoms with E-state index in [4.69, 9.17) is 5.73 Å². The van der Waals surface area contributed by atoms with E-state index in [1.54, 1.807) is 4.90 Å². The molecule has 27 heavy (non-hydrogen) atoms. The largest absolute Gasteiger partial charge is 0.417 e. The van der Waals surface area contributed by atoms with Crippen molar-refractivity contribution in [2.75, 3.05) is 13.1 Å². The molecular weight excluding hydrogens is 359 g/mol. The van der Waals surface area contributed by atoms with Crippen LogP contribution in [0.2, 0.25) is 0 Å². The van der Waals surface area contributed by atoms with E-state index in [1.165, 1.54) is 16.9 Å². The highest BCUT2D eigenvalue weighted by Crippen LogP contribution is 2.30. The average molecular weight is 381 g/mol. The summed E-state index contributed by atoms with van der Waals surface area (Å²) in [7, 11) is 0. The van der Waals surface area contributed by atoms with Crippen LogP contribution in [-0.4, -0.2) is 44.7 Å². The number of hydrogen-bond acceptors (Lipinski definition) is 4. The summed E-state index contributed by atoms with van der Waals surface area (Å²) in [5.41, 5.74) is 6.19. The molecule has 6 nitrogen and oxygen atoms in total. The van der Waals surface area contributed by atoms with Gasteiger partial charge in [0.1, 0.15) is 0 Å². The van der Waals surface area contributed by atoms with E-state index in [0.29, 0.717) is 24.3 Å². The molecule has 1 fully saturated rings. The second-order valence-corrected chi connectivity index (χ2v) is 7.07. The molecule has 9 heteroatoms. The fourth-order valence-corrected chi connectivity index (χ4v) is 3.30. The average Bonchev–Trinajstić information content (AvgIpc) is 3.05. The Hall–Kier alpha value is -2.42. The van der Waals surface area contributed by atoms with Gasteiger partial charge in [-0.05, 0) is 30.9 Å². The van der Waals surface area contributed by atoms with Crippen molar-refractivity contribution in [3.8, 4) is 5.82 Å². The van der Waals surface area contributed by atoms with Gasteiger partial charge in [0.25, 0.3) is 5.91 Å². The number of piperidine rings is 1. The predicted octanol–water partition coefficient (Wildman–Crippen LogP) is 2.97. The summed E-state index contributed by atoms with van der Waals surface area (Å²) in [5.74, 6) is 0.00196. The van der Waals surface area contributed by atoms with E-state index in [2.05, 4.69) is 10.1 Å². The molecule has 1 atom stereocenters. The van der Waals surface area contributed by atoms with Gasteiger partial charge in [0.15, 0.2) is 5.82 Å². The molecule has 2 N–H and O–H groups in total. The highest BCUT2D eigenvalue weighted by atomic mass is 19.4. The van der Waals surface area contributed by atoms with Crippen LogP contribution < -0.4 is 5.73 Å². The summed E-state index contributed by atoms with van der Waals surface area (Å²) in [4.78, 5) is 18.5. The van der Waals surface area contributed by atoms with Crippen molar-refractivity contribution in [1.29, 1.82) is 0 Å². The van der Waals surface area contributed by atoms with Crippen LogP contribution in [0.15, 0.2) is 24.5 Å².